The molecule has 0 aliphatic heterocycles. The summed E-state index contributed by atoms with van der Waals surface area (Å²) < 4.78 is 5.54. The Labute approximate surface area is 172 Å². The zero-order valence-corrected chi connectivity index (χ0v) is 15.8. The van der Waals surface area contributed by atoms with Crippen molar-refractivity contribution >= 4 is 39.8 Å². The van der Waals surface area contributed by atoms with E-state index in [-0.39, 0.29) is 11.3 Å². The molecule has 0 amide bonds. The van der Waals surface area contributed by atoms with Crippen LogP contribution >= 0.6 is 0 Å². The summed E-state index contributed by atoms with van der Waals surface area (Å²) in [5.41, 5.74) is 7.78. The summed E-state index contributed by atoms with van der Waals surface area (Å²) in [5.74, 6) is -1.61. The van der Waals surface area contributed by atoms with E-state index in [9.17, 15) is 14.7 Å². The Bertz CT molecular complexity index is 1240. The van der Waals surface area contributed by atoms with Crippen molar-refractivity contribution in [2.24, 2.45) is 0 Å². The maximum Gasteiger partial charge on any atom is 0.343 e. The molecule has 0 fully saturated rings. The molecular weight excluding hydrogens is 380 g/mol. The van der Waals surface area contributed by atoms with Gasteiger partial charge in [0.05, 0.1) is 16.8 Å². The lowest BCUT2D eigenvalue weighted by Gasteiger charge is -2.15. The number of benzene rings is 4. The molecule has 148 valence electrons. The first-order valence-corrected chi connectivity index (χ1v) is 9.21. The fraction of sp³-hybridized carbons (Fsp3) is 0. The summed E-state index contributed by atoms with van der Waals surface area (Å²) in [6, 6.07) is 24.3. The molecule has 0 unspecified atom stereocenters. The van der Waals surface area contributed by atoms with Gasteiger partial charge in [-0.15, -0.1) is 0 Å². The number of hydrogen-bond acceptors (Lipinski definition) is 5. The molecule has 4 rings (SSSR count). The van der Waals surface area contributed by atoms with Gasteiger partial charge < -0.3 is 20.9 Å². The second kappa shape index (κ2) is 7.97. The lowest BCUT2D eigenvalue weighted by molar-refractivity contribution is 0.0688. The second-order valence-corrected chi connectivity index (χ2v) is 6.68. The third kappa shape index (κ3) is 3.93. The molecule has 0 radical (unpaired) electrons. The number of nitrogens with one attached hydrogen (secondary N) is 1. The van der Waals surface area contributed by atoms with Crippen LogP contribution in [-0.2, 0) is 0 Å². The minimum absolute atomic E-state index is 0.0126. The first-order chi connectivity index (χ1) is 14.5. The minimum atomic E-state index is -1.11. The van der Waals surface area contributed by atoms with Gasteiger partial charge in [0, 0.05) is 16.8 Å². The number of carbonyl (C=O) groups is 2. The summed E-state index contributed by atoms with van der Waals surface area (Å²) in [7, 11) is 0. The van der Waals surface area contributed by atoms with Crippen LogP contribution in [0.4, 0.5) is 17.1 Å². The van der Waals surface area contributed by atoms with E-state index >= 15 is 0 Å². The zero-order chi connectivity index (χ0) is 21.1. The lowest BCUT2D eigenvalue weighted by atomic mass is 10.1. The lowest BCUT2D eigenvalue weighted by Crippen LogP contribution is -2.11. The molecule has 6 heteroatoms. The van der Waals surface area contributed by atoms with Crippen molar-refractivity contribution in [2.75, 3.05) is 11.1 Å². The van der Waals surface area contributed by atoms with E-state index < -0.39 is 11.9 Å². The number of nitrogen functional groups attached to an aromatic ring is 1. The van der Waals surface area contributed by atoms with E-state index in [4.69, 9.17) is 10.5 Å². The highest BCUT2D eigenvalue weighted by atomic mass is 16.5. The van der Waals surface area contributed by atoms with Crippen LogP contribution in [0, 0.1) is 0 Å². The summed E-state index contributed by atoms with van der Waals surface area (Å²) in [6.45, 7) is 0. The Morgan fingerprint density at radius 3 is 2.27 bits per heavy atom. The first kappa shape index (κ1) is 19.0. The Morgan fingerprint density at radius 2 is 1.50 bits per heavy atom. The van der Waals surface area contributed by atoms with E-state index in [1.165, 1.54) is 12.1 Å². The molecule has 0 aliphatic carbocycles. The molecule has 4 N–H and O–H groups in total. The van der Waals surface area contributed by atoms with Crippen LogP contribution in [0.3, 0.4) is 0 Å². The maximum atomic E-state index is 12.6. The molecule has 4 aromatic rings. The number of fused-ring (bicyclic) bond motifs is 1. The molecule has 0 saturated carbocycles. The monoisotopic (exact) mass is 398 g/mol. The third-order valence-corrected chi connectivity index (χ3v) is 4.64. The number of anilines is 3. The SMILES string of the molecule is Nc1ccc(C(=O)Oc2cc(C(=O)O)ccc2Nc2cccc3ccccc23)cc1. The topological polar surface area (TPSA) is 102 Å². The molecule has 4 aromatic carbocycles. The average molecular weight is 398 g/mol. The zero-order valence-electron chi connectivity index (χ0n) is 15.8. The smallest absolute Gasteiger partial charge is 0.343 e. The van der Waals surface area contributed by atoms with E-state index in [0.717, 1.165) is 16.5 Å². The van der Waals surface area contributed by atoms with Crippen LogP contribution in [0.5, 0.6) is 5.75 Å². The third-order valence-electron chi connectivity index (χ3n) is 4.64. The summed E-state index contributed by atoms with van der Waals surface area (Å²) in [6.07, 6.45) is 0. The van der Waals surface area contributed by atoms with Gasteiger partial charge in [0.25, 0.3) is 0 Å². The fourth-order valence-electron chi connectivity index (χ4n) is 3.10. The van der Waals surface area contributed by atoms with E-state index in [2.05, 4.69) is 5.32 Å². The molecular formula is C24H18N2O4. The predicted octanol–water partition coefficient (Wildman–Crippen LogP) is 5.08. The first-order valence-electron chi connectivity index (χ1n) is 9.21. The van der Waals surface area contributed by atoms with Crippen molar-refractivity contribution in [1.29, 1.82) is 0 Å². The van der Waals surface area contributed by atoms with Gasteiger partial charge in [-0.3, -0.25) is 0 Å². The molecule has 0 aromatic heterocycles. The largest absolute Gasteiger partial charge is 0.478 e. The van der Waals surface area contributed by atoms with Crippen molar-refractivity contribution in [3.8, 4) is 5.75 Å². The number of carboxylic acid groups (broad SMARTS) is 1. The average Bonchev–Trinajstić information content (AvgIpc) is 2.75. The molecule has 30 heavy (non-hydrogen) atoms. The van der Waals surface area contributed by atoms with Crippen LogP contribution in [0.2, 0.25) is 0 Å². The Morgan fingerprint density at radius 1 is 0.800 bits per heavy atom. The van der Waals surface area contributed by atoms with Gasteiger partial charge in [0.15, 0.2) is 5.75 Å². The minimum Gasteiger partial charge on any atom is -0.478 e. The molecule has 0 atom stereocenters. The van der Waals surface area contributed by atoms with Crippen LogP contribution in [0.15, 0.2) is 84.9 Å². The number of hydrogen-bond donors (Lipinski definition) is 3. The molecule has 0 aliphatic rings. The number of esters is 1. The molecule has 0 heterocycles. The fourth-order valence-corrected chi connectivity index (χ4v) is 3.10. The van der Waals surface area contributed by atoms with Gasteiger partial charge in [0.1, 0.15) is 0 Å². The van der Waals surface area contributed by atoms with E-state index in [1.807, 2.05) is 42.5 Å². The summed E-state index contributed by atoms with van der Waals surface area (Å²) >= 11 is 0. The number of carbonyl (C=O) groups excluding carboxylic acids is 1. The van der Waals surface area contributed by atoms with Crippen molar-refractivity contribution in [3.63, 3.8) is 0 Å². The van der Waals surface area contributed by atoms with Crippen molar-refractivity contribution in [3.05, 3.63) is 96.1 Å². The Balaban J connectivity index is 1.71. The number of rotatable bonds is 5. The molecule has 6 nitrogen and oxygen atoms in total. The maximum absolute atomic E-state index is 12.6. The molecule has 0 spiro atoms. The second-order valence-electron chi connectivity index (χ2n) is 6.68. The number of carboxylic acids is 1. The Kier molecular flexibility index (Phi) is 5.05. The number of nitrogens with two attached hydrogens (primary N) is 1. The highest BCUT2D eigenvalue weighted by molar-refractivity contribution is 5.97. The van der Waals surface area contributed by atoms with Crippen LogP contribution < -0.4 is 15.8 Å². The van der Waals surface area contributed by atoms with Gasteiger partial charge in [-0.2, -0.15) is 0 Å². The van der Waals surface area contributed by atoms with E-state index in [1.54, 1.807) is 30.3 Å². The van der Waals surface area contributed by atoms with Crippen molar-refractivity contribution in [1.82, 2.24) is 0 Å². The van der Waals surface area contributed by atoms with Crippen LogP contribution in [0.1, 0.15) is 20.7 Å². The number of aromatic carboxylic acids is 1. The van der Waals surface area contributed by atoms with Gasteiger partial charge in [-0.25, -0.2) is 9.59 Å². The molecule has 0 saturated heterocycles. The predicted molar refractivity (Wildman–Crippen MR) is 116 cm³/mol. The van der Waals surface area contributed by atoms with Crippen LogP contribution in [-0.4, -0.2) is 17.0 Å². The van der Waals surface area contributed by atoms with Crippen LogP contribution in [0.25, 0.3) is 10.8 Å². The van der Waals surface area contributed by atoms with Crippen molar-refractivity contribution in [2.45, 2.75) is 0 Å². The summed E-state index contributed by atoms with van der Waals surface area (Å²) in [5, 5.41) is 14.6. The van der Waals surface area contributed by atoms with Gasteiger partial charge in [0.2, 0.25) is 0 Å². The van der Waals surface area contributed by atoms with Gasteiger partial charge >= 0.3 is 11.9 Å². The quantitative estimate of drug-likeness (QED) is 0.246. The normalized spacial score (nSPS) is 10.5. The highest BCUT2D eigenvalue weighted by Crippen LogP contribution is 2.33. The standard InChI is InChI=1S/C24H18N2O4/c25-18-11-8-16(9-12-18)24(29)30-22-14-17(23(27)28)10-13-21(22)26-20-7-3-5-15-4-1-2-6-19(15)20/h1-14,26H,25H2,(H,27,28). The number of ether oxygens (including phenoxy) is 1. The highest BCUT2D eigenvalue weighted by Gasteiger charge is 2.15. The summed E-state index contributed by atoms with van der Waals surface area (Å²) in [4.78, 5) is 24.0. The van der Waals surface area contributed by atoms with E-state index in [0.29, 0.717) is 16.9 Å². The van der Waals surface area contributed by atoms with Crippen molar-refractivity contribution < 1.29 is 19.4 Å². The Hall–Kier alpha value is -4.32. The van der Waals surface area contributed by atoms with Gasteiger partial charge in [-0.1, -0.05) is 36.4 Å². The molecule has 0 bridgehead atoms. The van der Waals surface area contributed by atoms with Gasteiger partial charge in [-0.05, 0) is 53.9 Å².